The summed E-state index contributed by atoms with van der Waals surface area (Å²) in [4.78, 5) is 34.7. The second-order valence-corrected chi connectivity index (χ2v) is 4.51. The van der Waals surface area contributed by atoms with E-state index in [0.717, 1.165) is 0 Å². The molecular weight excluding hydrogens is 252 g/mol. The van der Waals surface area contributed by atoms with Gasteiger partial charge in [-0.2, -0.15) is 0 Å². The number of pyridine rings is 1. The highest BCUT2D eigenvalue weighted by atomic mass is 16.5. The number of aryl methyl sites for hydroxylation is 1. The number of carbonyl (C=O) groups is 2. The molecule has 2 heterocycles. The van der Waals surface area contributed by atoms with Crippen molar-refractivity contribution >= 4 is 11.9 Å². The van der Waals surface area contributed by atoms with Crippen molar-refractivity contribution in [3.05, 3.63) is 34.2 Å². The molecule has 1 aliphatic rings. The van der Waals surface area contributed by atoms with Gasteiger partial charge in [0.15, 0.2) is 5.54 Å². The Kier molecular flexibility index (Phi) is 3.39. The highest BCUT2D eigenvalue weighted by molar-refractivity contribution is 5.97. The molecule has 1 atom stereocenters. The van der Waals surface area contributed by atoms with Gasteiger partial charge in [0.2, 0.25) is 0 Å². The number of nitrogens with one attached hydrogen (secondary N) is 1. The van der Waals surface area contributed by atoms with Crippen LogP contribution in [0.2, 0.25) is 0 Å². The Labute approximate surface area is 108 Å². The maximum absolute atomic E-state index is 12.0. The van der Waals surface area contributed by atoms with Crippen molar-refractivity contribution < 1.29 is 19.4 Å². The zero-order chi connectivity index (χ0) is 14.0. The molecule has 1 unspecified atom stereocenters. The molecule has 1 saturated heterocycles. The first-order valence-electron chi connectivity index (χ1n) is 5.75. The summed E-state index contributed by atoms with van der Waals surface area (Å²) in [7, 11) is 1.56. The van der Waals surface area contributed by atoms with Crippen molar-refractivity contribution in [2.24, 2.45) is 7.05 Å². The van der Waals surface area contributed by atoms with E-state index in [1.165, 1.54) is 22.9 Å². The van der Waals surface area contributed by atoms with Gasteiger partial charge in [0.1, 0.15) is 0 Å². The SMILES string of the molecule is Cn1ccc(C(=O)NC2(C(=O)O)CCOC2)cc1=O. The summed E-state index contributed by atoms with van der Waals surface area (Å²) in [5, 5.41) is 11.6. The van der Waals surface area contributed by atoms with Crippen LogP contribution in [0.15, 0.2) is 23.1 Å². The number of aromatic nitrogens is 1. The monoisotopic (exact) mass is 266 g/mol. The van der Waals surface area contributed by atoms with E-state index in [1.54, 1.807) is 7.05 Å². The minimum atomic E-state index is -1.40. The van der Waals surface area contributed by atoms with Crippen molar-refractivity contribution in [3.8, 4) is 0 Å². The standard InChI is InChI=1S/C12H14N2O5/c1-14-4-2-8(6-9(14)15)10(16)13-12(11(17)18)3-5-19-7-12/h2,4,6H,3,5,7H2,1H3,(H,13,16)(H,17,18). The van der Waals surface area contributed by atoms with E-state index >= 15 is 0 Å². The lowest BCUT2D eigenvalue weighted by Gasteiger charge is -2.23. The molecule has 0 aliphatic carbocycles. The Bertz CT molecular complexity index is 572. The van der Waals surface area contributed by atoms with Crippen LogP contribution in [0.3, 0.4) is 0 Å². The number of carboxylic acids is 1. The van der Waals surface area contributed by atoms with Gasteiger partial charge in [-0.15, -0.1) is 0 Å². The van der Waals surface area contributed by atoms with Gasteiger partial charge in [-0.3, -0.25) is 9.59 Å². The number of carboxylic acid groups (broad SMARTS) is 1. The van der Waals surface area contributed by atoms with Crippen LogP contribution >= 0.6 is 0 Å². The summed E-state index contributed by atoms with van der Waals surface area (Å²) < 4.78 is 6.36. The molecule has 2 N–H and O–H groups in total. The maximum Gasteiger partial charge on any atom is 0.331 e. The van der Waals surface area contributed by atoms with Crippen LogP contribution in [0.5, 0.6) is 0 Å². The molecule has 7 nitrogen and oxygen atoms in total. The highest BCUT2D eigenvalue weighted by Crippen LogP contribution is 2.19. The summed E-state index contributed by atoms with van der Waals surface area (Å²) in [5.41, 5.74) is -1.60. The predicted molar refractivity (Wildman–Crippen MR) is 65.0 cm³/mol. The number of ether oxygens (including phenoxy) is 1. The van der Waals surface area contributed by atoms with Crippen LogP contribution in [-0.2, 0) is 16.6 Å². The van der Waals surface area contributed by atoms with Crippen LogP contribution in [-0.4, -0.2) is 40.3 Å². The van der Waals surface area contributed by atoms with Crippen molar-refractivity contribution in [1.82, 2.24) is 9.88 Å². The van der Waals surface area contributed by atoms with Crippen LogP contribution in [0.1, 0.15) is 16.8 Å². The average molecular weight is 266 g/mol. The molecule has 7 heteroatoms. The molecule has 0 saturated carbocycles. The number of hydrogen-bond donors (Lipinski definition) is 2. The molecule has 2 rings (SSSR count). The number of nitrogens with zero attached hydrogens (tertiary/aromatic N) is 1. The first kappa shape index (κ1) is 13.3. The number of rotatable bonds is 3. The third kappa shape index (κ3) is 2.50. The van der Waals surface area contributed by atoms with E-state index in [4.69, 9.17) is 4.74 Å². The van der Waals surface area contributed by atoms with Crippen molar-refractivity contribution in [2.45, 2.75) is 12.0 Å². The Morgan fingerprint density at radius 2 is 2.26 bits per heavy atom. The zero-order valence-corrected chi connectivity index (χ0v) is 10.4. The first-order chi connectivity index (χ1) is 8.94. The molecule has 1 aromatic rings. The van der Waals surface area contributed by atoms with Gasteiger partial charge in [0, 0.05) is 37.9 Å². The number of aliphatic carboxylic acids is 1. The molecule has 0 spiro atoms. The van der Waals surface area contributed by atoms with Gasteiger partial charge >= 0.3 is 5.97 Å². The summed E-state index contributed by atoms with van der Waals surface area (Å²) in [5.74, 6) is -1.73. The van der Waals surface area contributed by atoms with E-state index in [-0.39, 0.29) is 30.8 Å². The van der Waals surface area contributed by atoms with Crippen molar-refractivity contribution in [1.29, 1.82) is 0 Å². The molecule has 0 bridgehead atoms. The molecule has 1 aromatic heterocycles. The molecule has 102 valence electrons. The lowest BCUT2D eigenvalue weighted by atomic mass is 9.98. The fourth-order valence-corrected chi connectivity index (χ4v) is 1.86. The fraction of sp³-hybridized carbons (Fsp3) is 0.417. The van der Waals surface area contributed by atoms with E-state index < -0.39 is 17.4 Å². The largest absolute Gasteiger partial charge is 0.479 e. The summed E-state index contributed by atoms with van der Waals surface area (Å²) >= 11 is 0. The van der Waals surface area contributed by atoms with Crippen molar-refractivity contribution in [3.63, 3.8) is 0 Å². The Balaban J connectivity index is 2.22. The van der Waals surface area contributed by atoms with Gasteiger partial charge in [-0.1, -0.05) is 0 Å². The number of amides is 1. The summed E-state index contributed by atoms with van der Waals surface area (Å²) in [6, 6.07) is 2.63. The first-order valence-corrected chi connectivity index (χ1v) is 5.75. The van der Waals surface area contributed by atoms with Gasteiger partial charge < -0.3 is 19.7 Å². The second-order valence-electron chi connectivity index (χ2n) is 4.51. The molecule has 1 amide bonds. The summed E-state index contributed by atoms with van der Waals surface area (Å²) in [6.07, 6.45) is 1.66. The maximum atomic E-state index is 12.0. The molecule has 0 aromatic carbocycles. The predicted octanol–water partition coefficient (Wildman–Crippen LogP) is -0.641. The zero-order valence-electron chi connectivity index (χ0n) is 10.4. The Morgan fingerprint density at radius 3 is 2.79 bits per heavy atom. The van der Waals surface area contributed by atoms with E-state index in [1.807, 2.05) is 0 Å². The van der Waals surface area contributed by atoms with Gasteiger partial charge in [-0.25, -0.2) is 4.79 Å². The number of hydrogen-bond acceptors (Lipinski definition) is 4. The minimum Gasteiger partial charge on any atom is -0.479 e. The molecule has 0 radical (unpaired) electrons. The Morgan fingerprint density at radius 1 is 1.53 bits per heavy atom. The quantitative estimate of drug-likeness (QED) is 0.758. The van der Waals surface area contributed by atoms with E-state index in [2.05, 4.69) is 5.32 Å². The molecular formula is C12H14N2O5. The van der Waals surface area contributed by atoms with Crippen LogP contribution in [0.4, 0.5) is 0 Å². The van der Waals surface area contributed by atoms with E-state index in [0.29, 0.717) is 0 Å². The van der Waals surface area contributed by atoms with Gasteiger partial charge in [-0.05, 0) is 6.07 Å². The smallest absolute Gasteiger partial charge is 0.331 e. The molecule has 1 aliphatic heterocycles. The van der Waals surface area contributed by atoms with Crippen LogP contribution in [0.25, 0.3) is 0 Å². The average Bonchev–Trinajstić information content (AvgIpc) is 2.82. The Hall–Kier alpha value is -2.15. The van der Waals surface area contributed by atoms with Crippen LogP contribution in [0, 0.1) is 0 Å². The highest BCUT2D eigenvalue weighted by Gasteiger charge is 2.44. The normalized spacial score (nSPS) is 22.2. The second kappa shape index (κ2) is 4.85. The third-order valence-corrected chi connectivity index (χ3v) is 3.15. The summed E-state index contributed by atoms with van der Waals surface area (Å²) in [6.45, 7) is 0.210. The van der Waals surface area contributed by atoms with Gasteiger partial charge in [0.05, 0.1) is 6.61 Å². The van der Waals surface area contributed by atoms with Crippen molar-refractivity contribution in [2.75, 3.05) is 13.2 Å². The van der Waals surface area contributed by atoms with Gasteiger partial charge in [0.25, 0.3) is 11.5 Å². The lowest BCUT2D eigenvalue weighted by Crippen LogP contribution is -2.55. The lowest BCUT2D eigenvalue weighted by molar-refractivity contribution is -0.144. The van der Waals surface area contributed by atoms with Crippen LogP contribution < -0.4 is 10.9 Å². The fourth-order valence-electron chi connectivity index (χ4n) is 1.86. The third-order valence-electron chi connectivity index (χ3n) is 3.15. The molecule has 1 fully saturated rings. The topological polar surface area (TPSA) is 97.6 Å². The number of carbonyl (C=O) groups excluding carboxylic acids is 1. The minimum absolute atomic E-state index is 0.0705. The van der Waals surface area contributed by atoms with E-state index in [9.17, 15) is 19.5 Å². The molecule has 19 heavy (non-hydrogen) atoms.